The maximum absolute atomic E-state index is 12.4. The number of nitrogens with one attached hydrogen (secondary N) is 1. The molecule has 0 radical (unpaired) electrons. The Hall–Kier alpha value is -3.26. The third kappa shape index (κ3) is 5.53. The van der Waals surface area contributed by atoms with Crippen molar-refractivity contribution in [2.24, 2.45) is 5.73 Å². The zero-order chi connectivity index (χ0) is 25.2. The van der Waals surface area contributed by atoms with Crippen LogP contribution in [0.1, 0.15) is 63.8 Å². The van der Waals surface area contributed by atoms with Gasteiger partial charge in [-0.2, -0.15) is 4.98 Å². The van der Waals surface area contributed by atoms with Gasteiger partial charge in [0.25, 0.3) is 0 Å². The van der Waals surface area contributed by atoms with Gasteiger partial charge in [-0.3, -0.25) is 4.79 Å². The minimum absolute atomic E-state index is 0.125. The molecule has 3 N–H and O–H groups in total. The van der Waals surface area contributed by atoms with Crippen molar-refractivity contribution >= 4 is 23.6 Å². The van der Waals surface area contributed by atoms with E-state index in [0.29, 0.717) is 29.0 Å². The molecule has 0 saturated carbocycles. The van der Waals surface area contributed by atoms with Crippen LogP contribution in [0.15, 0.2) is 65.0 Å². The number of aromatic nitrogens is 3. The second kappa shape index (κ2) is 10.2. The Labute approximate surface area is 211 Å². The molecule has 184 valence electrons. The Morgan fingerprint density at radius 2 is 1.83 bits per heavy atom. The van der Waals surface area contributed by atoms with Crippen LogP contribution in [0.2, 0.25) is 0 Å². The summed E-state index contributed by atoms with van der Waals surface area (Å²) >= 11 is 1.59. The molecule has 1 unspecified atom stereocenters. The van der Waals surface area contributed by atoms with E-state index in [1.54, 1.807) is 16.4 Å². The maximum Gasteiger partial charge on any atom is 0.248 e. The number of carbonyl (C=O) groups is 1. The molecule has 0 spiro atoms. The monoisotopic (exact) mass is 491 g/mol. The molecule has 0 fully saturated rings. The molecule has 1 aromatic heterocycles. The average molecular weight is 492 g/mol. The van der Waals surface area contributed by atoms with Gasteiger partial charge in [-0.15, -0.1) is 5.10 Å². The number of benzene rings is 2. The second-order valence-electron chi connectivity index (χ2n) is 9.75. The Balaban J connectivity index is 1.54. The average Bonchev–Trinajstić information content (AvgIpc) is 3.22. The van der Waals surface area contributed by atoms with Crippen molar-refractivity contribution in [1.29, 1.82) is 0 Å². The largest absolute Gasteiger partial charge is 0.489 e. The van der Waals surface area contributed by atoms with Gasteiger partial charge in [0.15, 0.2) is 0 Å². The van der Waals surface area contributed by atoms with Crippen molar-refractivity contribution in [2.45, 2.75) is 64.3 Å². The van der Waals surface area contributed by atoms with Gasteiger partial charge in [0.1, 0.15) is 18.4 Å². The van der Waals surface area contributed by atoms with Gasteiger partial charge in [0, 0.05) is 11.4 Å². The summed E-state index contributed by atoms with van der Waals surface area (Å²) < 4.78 is 7.77. The van der Waals surface area contributed by atoms with Gasteiger partial charge >= 0.3 is 0 Å². The standard InChI is InChI=1S/C27H33N5O2S/c1-6-15-35-26-30-25-29-17(2)22(24(28)33)23(32(25)31-26)19-9-13-21(14-10-19)34-16-18-7-11-20(12-8-18)27(3,4)5/h7-14,23H,6,15-16H2,1-5H3,(H2,28,33)(H,29,30,31). The fourth-order valence-electron chi connectivity index (χ4n) is 4.03. The summed E-state index contributed by atoms with van der Waals surface area (Å²) in [7, 11) is 0. The number of nitrogens with two attached hydrogens (primary N) is 1. The molecular formula is C27H33N5O2S. The molecule has 1 atom stereocenters. The molecule has 7 nitrogen and oxygen atoms in total. The highest BCUT2D eigenvalue weighted by molar-refractivity contribution is 7.99. The first-order valence-electron chi connectivity index (χ1n) is 11.9. The van der Waals surface area contributed by atoms with Gasteiger partial charge in [-0.05, 0) is 47.6 Å². The summed E-state index contributed by atoms with van der Waals surface area (Å²) in [6, 6.07) is 15.8. The molecule has 0 saturated heterocycles. The van der Waals surface area contributed by atoms with Gasteiger partial charge in [-0.1, -0.05) is 75.9 Å². The Morgan fingerprint density at radius 3 is 2.43 bits per heavy atom. The third-order valence-electron chi connectivity index (χ3n) is 5.96. The number of allylic oxidation sites excluding steroid dienone is 1. The van der Waals surface area contributed by atoms with E-state index < -0.39 is 11.9 Å². The second-order valence-corrected chi connectivity index (χ2v) is 10.8. The number of nitrogens with zero attached hydrogens (tertiary/aromatic N) is 3. The quantitative estimate of drug-likeness (QED) is 0.408. The van der Waals surface area contributed by atoms with Crippen molar-refractivity contribution in [2.75, 3.05) is 11.1 Å². The van der Waals surface area contributed by atoms with Crippen LogP contribution in [-0.2, 0) is 16.8 Å². The predicted octanol–water partition coefficient (Wildman–Crippen LogP) is 5.43. The molecule has 1 amide bonds. The van der Waals surface area contributed by atoms with Crippen LogP contribution in [0.3, 0.4) is 0 Å². The number of primary amides is 1. The van der Waals surface area contributed by atoms with Gasteiger partial charge in [0.05, 0.1) is 5.57 Å². The van der Waals surface area contributed by atoms with Crippen LogP contribution in [0.25, 0.3) is 0 Å². The highest BCUT2D eigenvalue weighted by atomic mass is 32.2. The fourth-order valence-corrected chi connectivity index (χ4v) is 4.71. The first-order valence-corrected chi connectivity index (χ1v) is 12.8. The van der Waals surface area contributed by atoms with E-state index in [9.17, 15) is 4.79 Å². The SMILES string of the molecule is CCCSc1nc2n(n1)C(c1ccc(OCc3ccc(C(C)(C)C)cc3)cc1)C(C(N)=O)=C(C)N2. The smallest absolute Gasteiger partial charge is 0.248 e. The predicted molar refractivity (Wildman–Crippen MR) is 141 cm³/mol. The van der Waals surface area contributed by atoms with E-state index in [2.05, 4.69) is 67.4 Å². The lowest BCUT2D eigenvalue weighted by Crippen LogP contribution is -2.31. The third-order valence-corrected chi connectivity index (χ3v) is 7.00. The number of ether oxygens (including phenoxy) is 1. The molecular weight excluding hydrogens is 458 g/mol. The number of carbonyl (C=O) groups excluding carboxylic acids is 1. The molecule has 35 heavy (non-hydrogen) atoms. The van der Waals surface area contributed by atoms with Crippen LogP contribution >= 0.6 is 11.8 Å². The number of hydrogen-bond donors (Lipinski definition) is 2. The van der Waals surface area contributed by atoms with Crippen molar-refractivity contribution in [3.8, 4) is 5.75 Å². The molecule has 2 heterocycles. The van der Waals surface area contributed by atoms with Gasteiger partial charge < -0.3 is 15.8 Å². The molecule has 0 aliphatic carbocycles. The zero-order valence-corrected chi connectivity index (χ0v) is 21.8. The van der Waals surface area contributed by atoms with E-state index >= 15 is 0 Å². The van der Waals surface area contributed by atoms with Crippen molar-refractivity contribution in [3.63, 3.8) is 0 Å². The van der Waals surface area contributed by atoms with E-state index in [1.165, 1.54) is 5.56 Å². The highest BCUT2D eigenvalue weighted by Crippen LogP contribution is 2.36. The van der Waals surface area contributed by atoms with Gasteiger partial charge in [0.2, 0.25) is 17.0 Å². The van der Waals surface area contributed by atoms with Crippen LogP contribution in [-0.4, -0.2) is 26.4 Å². The lowest BCUT2D eigenvalue weighted by Gasteiger charge is -2.27. The van der Waals surface area contributed by atoms with E-state index in [-0.39, 0.29) is 5.41 Å². The minimum atomic E-state index is -0.483. The Morgan fingerprint density at radius 1 is 1.14 bits per heavy atom. The molecule has 4 rings (SSSR count). The number of amides is 1. The van der Waals surface area contributed by atoms with Crippen LogP contribution in [0.4, 0.5) is 5.95 Å². The van der Waals surface area contributed by atoms with Gasteiger partial charge in [-0.25, -0.2) is 4.68 Å². The van der Waals surface area contributed by atoms with E-state index in [4.69, 9.17) is 10.5 Å². The zero-order valence-electron chi connectivity index (χ0n) is 21.0. The fraction of sp³-hybridized carbons (Fsp3) is 0.370. The Kier molecular flexibility index (Phi) is 7.21. The maximum atomic E-state index is 12.4. The van der Waals surface area contributed by atoms with Crippen LogP contribution in [0, 0.1) is 0 Å². The van der Waals surface area contributed by atoms with E-state index in [1.807, 2.05) is 31.2 Å². The van der Waals surface area contributed by atoms with Crippen LogP contribution < -0.4 is 15.8 Å². The summed E-state index contributed by atoms with van der Waals surface area (Å²) in [5, 5.41) is 8.53. The van der Waals surface area contributed by atoms with Crippen molar-refractivity contribution in [1.82, 2.24) is 14.8 Å². The normalized spacial score (nSPS) is 15.5. The number of thioether (sulfide) groups is 1. The summed E-state index contributed by atoms with van der Waals surface area (Å²) in [4.78, 5) is 17.0. The summed E-state index contributed by atoms with van der Waals surface area (Å²) in [5.41, 5.74) is 10.4. The first-order chi connectivity index (χ1) is 16.7. The summed E-state index contributed by atoms with van der Waals surface area (Å²) in [6.45, 7) is 11.0. The Bertz CT molecular complexity index is 1220. The molecule has 3 aromatic rings. The number of anilines is 1. The first kappa shape index (κ1) is 24.9. The summed E-state index contributed by atoms with van der Waals surface area (Å²) in [6.07, 6.45) is 1.03. The molecule has 1 aliphatic heterocycles. The molecule has 2 aromatic carbocycles. The van der Waals surface area contributed by atoms with Crippen LogP contribution in [0.5, 0.6) is 5.75 Å². The van der Waals surface area contributed by atoms with Crippen molar-refractivity contribution < 1.29 is 9.53 Å². The van der Waals surface area contributed by atoms with E-state index in [0.717, 1.165) is 29.1 Å². The number of hydrogen-bond acceptors (Lipinski definition) is 6. The van der Waals surface area contributed by atoms with Crippen molar-refractivity contribution in [3.05, 3.63) is 76.5 Å². The number of rotatable bonds is 8. The number of fused-ring (bicyclic) bond motifs is 1. The minimum Gasteiger partial charge on any atom is -0.489 e. The lowest BCUT2D eigenvalue weighted by molar-refractivity contribution is -0.115. The topological polar surface area (TPSA) is 95.1 Å². The summed E-state index contributed by atoms with van der Waals surface area (Å²) in [5.74, 6) is 1.80. The lowest BCUT2D eigenvalue weighted by atomic mass is 9.87. The highest BCUT2D eigenvalue weighted by Gasteiger charge is 2.33. The molecule has 1 aliphatic rings. The molecule has 8 heteroatoms. The molecule has 0 bridgehead atoms.